The van der Waals surface area contributed by atoms with Crippen molar-refractivity contribution in [2.24, 2.45) is 0 Å². The maximum atomic E-state index is 10.9. The zero-order valence-corrected chi connectivity index (χ0v) is 20.3. The van der Waals surface area contributed by atoms with Crippen molar-refractivity contribution in [3.8, 4) is 0 Å². The predicted octanol–water partition coefficient (Wildman–Crippen LogP) is 6.11. The van der Waals surface area contributed by atoms with Gasteiger partial charge in [-0.3, -0.25) is 0 Å². The van der Waals surface area contributed by atoms with E-state index in [1.807, 2.05) is 27.7 Å². The van der Waals surface area contributed by atoms with E-state index >= 15 is 0 Å². The van der Waals surface area contributed by atoms with E-state index < -0.39 is 17.7 Å². The Morgan fingerprint density at radius 1 is 0.733 bits per heavy atom. The molecule has 178 valence electrons. The summed E-state index contributed by atoms with van der Waals surface area (Å²) in [5.41, 5.74) is 0. The van der Waals surface area contributed by atoms with Gasteiger partial charge in [-0.05, 0) is 34.1 Å². The van der Waals surface area contributed by atoms with Crippen LogP contribution < -0.4 is 0 Å². The van der Waals surface area contributed by atoms with Crippen LogP contribution in [0.25, 0.3) is 0 Å². The smallest absolute Gasteiger partial charge is 0.163 e. The number of aliphatic hydroxyl groups is 1. The van der Waals surface area contributed by atoms with E-state index in [9.17, 15) is 5.11 Å². The first kappa shape index (κ1) is 26.1. The van der Waals surface area contributed by atoms with E-state index in [1.165, 1.54) is 70.6 Å². The first-order valence-corrected chi connectivity index (χ1v) is 12.6. The lowest BCUT2D eigenvalue weighted by atomic mass is 9.98. The van der Waals surface area contributed by atoms with Crippen LogP contribution in [0.2, 0.25) is 0 Å². The fourth-order valence-electron chi connectivity index (χ4n) is 4.66. The fraction of sp³-hybridized carbons (Fsp3) is 1.00. The van der Waals surface area contributed by atoms with Gasteiger partial charge in [0.25, 0.3) is 0 Å². The molecule has 2 heterocycles. The van der Waals surface area contributed by atoms with Gasteiger partial charge in [0.2, 0.25) is 0 Å². The summed E-state index contributed by atoms with van der Waals surface area (Å²) in [6.07, 6.45) is 15.4. The Hall–Kier alpha value is -0.200. The molecule has 0 aliphatic carbocycles. The summed E-state index contributed by atoms with van der Waals surface area (Å²) in [6, 6.07) is 0. The summed E-state index contributed by atoms with van der Waals surface area (Å²) in [4.78, 5) is 0. The fourth-order valence-corrected chi connectivity index (χ4v) is 4.66. The standard InChI is InChI=1S/C25H48O5/c1-6-7-8-9-10-11-12-13-14-15-16-17-18-20-23(30-25(4,5)28-20)22(26)21-19-27-24(2,3)29-21/h20-23,26H,6-19H2,1-5H3/t20-,21-,22-,23-/m1/s1. The van der Waals surface area contributed by atoms with E-state index in [1.54, 1.807) is 0 Å². The number of hydrogen-bond acceptors (Lipinski definition) is 5. The molecule has 0 bridgehead atoms. The van der Waals surface area contributed by atoms with Gasteiger partial charge in [0.05, 0.1) is 12.7 Å². The van der Waals surface area contributed by atoms with Crippen molar-refractivity contribution in [3.05, 3.63) is 0 Å². The van der Waals surface area contributed by atoms with Crippen LogP contribution in [0.3, 0.4) is 0 Å². The van der Waals surface area contributed by atoms with E-state index in [4.69, 9.17) is 18.9 Å². The molecule has 0 saturated carbocycles. The molecule has 5 heteroatoms. The number of hydrogen-bond donors (Lipinski definition) is 1. The van der Waals surface area contributed by atoms with Crippen LogP contribution >= 0.6 is 0 Å². The lowest BCUT2D eigenvalue weighted by Gasteiger charge is -2.27. The summed E-state index contributed by atoms with van der Waals surface area (Å²) >= 11 is 0. The van der Waals surface area contributed by atoms with Gasteiger partial charge in [-0.2, -0.15) is 0 Å². The van der Waals surface area contributed by atoms with Crippen LogP contribution in [0.1, 0.15) is 118 Å². The Morgan fingerprint density at radius 3 is 1.77 bits per heavy atom. The summed E-state index contributed by atoms with van der Waals surface area (Å²) in [7, 11) is 0. The lowest BCUT2D eigenvalue weighted by Crippen LogP contribution is -2.45. The molecular formula is C25H48O5. The van der Waals surface area contributed by atoms with Crippen molar-refractivity contribution in [1.82, 2.24) is 0 Å². The third kappa shape index (κ3) is 9.12. The van der Waals surface area contributed by atoms with Gasteiger partial charge >= 0.3 is 0 Å². The molecule has 30 heavy (non-hydrogen) atoms. The zero-order chi connectivity index (χ0) is 22.0. The van der Waals surface area contributed by atoms with Gasteiger partial charge in [-0.15, -0.1) is 0 Å². The van der Waals surface area contributed by atoms with Crippen molar-refractivity contribution >= 4 is 0 Å². The minimum Gasteiger partial charge on any atom is -0.387 e. The van der Waals surface area contributed by atoms with E-state index in [-0.39, 0.29) is 18.3 Å². The van der Waals surface area contributed by atoms with Crippen LogP contribution in [0.5, 0.6) is 0 Å². The van der Waals surface area contributed by atoms with Crippen molar-refractivity contribution in [3.63, 3.8) is 0 Å². The van der Waals surface area contributed by atoms with E-state index in [2.05, 4.69) is 6.92 Å². The maximum Gasteiger partial charge on any atom is 0.163 e. The average molecular weight is 429 g/mol. The second-order valence-corrected chi connectivity index (χ2v) is 10.2. The van der Waals surface area contributed by atoms with Crippen molar-refractivity contribution < 1.29 is 24.1 Å². The third-order valence-electron chi connectivity index (χ3n) is 6.31. The SMILES string of the molecule is CCCCCCCCCCCCCC[C@H]1OC(C)(C)O[C@H]1[C@H](O)[C@H]1COC(C)(C)O1. The molecule has 0 amide bonds. The highest BCUT2D eigenvalue weighted by atomic mass is 16.8. The monoisotopic (exact) mass is 428 g/mol. The number of ether oxygens (including phenoxy) is 4. The highest BCUT2D eigenvalue weighted by Gasteiger charge is 2.49. The van der Waals surface area contributed by atoms with E-state index in [0.29, 0.717) is 6.61 Å². The second kappa shape index (κ2) is 12.7. The van der Waals surface area contributed by atoms with Crippen LogP contribution in [-0.4, -0.2) is 47.7 Å². The lowest BCUT2D eigenvalue weighted by molar-refractivity contribution is -0.178. The Balaban J connectivity index is 1.59. The van der Waals surface area contributed by atoms with Gasteiger partial charge in [0.1, 0.15) is 18.3 Å². The van der Waals surface area contributed by atoms with Gasteiger partial charge in [0.15, 0.2) is 11.6 Å². The number of unbranched alkanes of at least 4 members (excludes halogenated alkanes) is 11. The summed E-state index contributed by atoms with van der Waals surface area (Å²) < 4.78 is 23.6. The van der Waals surface area contributed by atoms with Gasteiger partial charge in [-0.1, -0.05) is 84.0 Å². The molecule has 5 nitrogen and oxygen atoms in total. The largest absolute Gasteiger partial charge is 0.387 e. The molecule has 2 rings (SSSR count). The minimum absolute atomic E-state index is 0.0922. The van der Waals surface area contributed by atoms with Crippen molar-refractivity contribution in [1.29, 1.82) is 0 Å². The molecule has 1 N–H and O–H groups in total. The van der Waals surface area contributed by atoms with Crippen LogP contribution in [0.15, 0.2) is 0 Å². The summed E-state index contributed by atoms with van der Waals surface area (Å²) in [6.45, 7) is 10.3. The van der Waals surface area contributed by atoms with Crippen LogP contribution in [-0.2, 0) is 18.9 Å². The topological polar surface area (TPSA) is 57.2 Å². The highest BCUT2D eigenvalue weighted by Crippen LogP contribution is 2.36. The Bertz CT molecular complexity index is 464. The number of rotatable bonds is 15. The molecule has 2 fully saturated rings. The molecule has 0 spiro atoms. The first-order valence-electron chi connectivity index (χ1n) is 12.6. The third-order valence-corrected chi connectivity index (χ3v) is 6.31. The Labute approximate surface area is 185 Å². The second-order valence-electron chi connectivity index (χ2n) is 10.2. The van der Waals surface area contributed by atoms with Gasteiger partial charge in [-0.25, -0.2) is 0 Å². The van der Waals surface area contributed by atoms with Gasteiger partial charge in [0, 0.05) is 0 Å². The van der Waals surface area contributed by atoms with E-state index in [0.717, 1.165) is 12.8 Å². The van der Waals surface area contributed by atoms with Crippen LogP contribution in [0.4, 0.5) is 0 Å². The molecule has 4 atom stereocenters. The summed E-state index contributed by atoms with van der Waals surface area (Å²) in [5.74, 6) is -1.31. The van der Waals surface area contributed by atoms with Crippen LogP contribution in [0, 0.1) is 0 Å². The predicted molar refractivity (Wildman–Crippen MR) is 120 cm³/mol. The van der Waals surface area contributed by atoms with Crippen molar-refractivity contribution in [2.75, 3.05) is 6.61 Å². The molecule has 0 aromatic rings. The average Bonchev–Trinajstić information content (AvgIpc) is 3.20. The maximum absolute atomic E-state index is 10.9. The Kier molecular flexibility index (Phi) is 11.1. The minimum atomic E-state index is -0.740. The number of aliphatic hydroxyl groups excluding tert-OH is 1. The quantitative estimate of drug-likeness (QED) is 0.319. The molecule has 0 unspecified atom stereocenters. The molecule has 0 aromatic carbocycles. The first-order chi connectivity index (χ1) is 14.2. The molecule has 0 radical (unpaired) electrons. The van der Waals surface area contributed by atoms with Gasteiger partial charge < -0.3 is 24.1 Å². The summed E-state index contributed by atoms with van der Waals surface area (Å²) in [5, 5.41) is 10.9. The Morgan fingerprint density at radius 2 is 1.27 bits per heavy atom. The molecule has 2 aliphatic heterocycles. The molecule has 0 aromatic heterocycles. The normalized spacial score (nSPS) is 28.8. The molecule has 2 saturated heterocycles. The molecule has 2 aliphatic rings. The zero-order valence-electron chi connectivity index (χ0n) is 20.3. The van der Waals surface area contributed by atoms with Crippen molar-refractivity contribution in [2.45, 2.75) is 154 Å². The highest BCUT2D eigenvalue weighted by molar-refractivity contribution is 4.92. The molecular weight excluding hydrogens is 380 g/mol.